The Kier molecular flexibility index (Phi) is 21.6. The average Bonchev–Trinajstić information content (AvgIpc) is 1.04. The van der Waals surface area contributed by atoms with Gasteiger partial charge in [0.2, 0.25) is 30.1 Å². The fraction of sp³-hybridized carbons (Fsp3) is 0.0233. The van der Waals surface area contributed by atoms with E-state index in [2.05, 4.69) is 96.9 Å². The van der Waals surface area contributed by atoms with Crippen LogP contribution in [-0.2, 0) is 30.1 Å². The van der Waals surface area contributed by atoms with Crippen molar-refractivity contribution in [1.29, 1.82) is 0 Å². The number of nitrogens with two attached hydrogens (primary N) is 2. The van der Waals surface area contributed by atoms with E-state index in [-0.39, 0.29) is 71.8 Å². The topological polar surface area (TPSA) is 467 Å². The Hall–Kier alpha value is -16.0. The van der Waals surface area contributed by atoms with Crippen LogP contribution in [0.5, 0.6) is 0 Å². The number of fused-ring (bicyclic) bond motifs is 8. The van der Waals surface area contributed by atoms with Crippen molar-refractivity contribution in [3.63, 3.8) is 0 Å². The third kappa shape index (κ3) is 16.4. The van der Waals surface area contributed by atoms with Crippen LogP contribution < -0.4 is 31.5 Å². The highest BCUT2D eigenvalue weighted by atomic mass is 32.2. The first-order valence-corrected chi connectivity index (χ1v) is 41.9. The van der Waals surface area contributed by atoms with E-state index in [1.165, 1.54) is 48.7 Å². The molecule has 0 saturated carbocycles. The van der Waals surface area contributed by atoms with Crippen LogP contribution in [0.3, 0.4) is 0 Å². The first kappa shape index (κ1) is 80.4. The van der Waals surface area contributed by atoms with Crippen LogP contribution in [0.1, 0.15) is 0 Å². The molecule has 0 amide bonds. The molecule has 0 radical (unpaired) electrons. The van der Waals surface area contributed by atoms with Gasteiger partial charge in [-0.15, -0.1) is 0 Å². The number of sulfonamides is 3. The molecule has 0 bridgehead atoms. The first-order chi connectivity index (χ1) is 59.9. The number of hydrogen-bond donors (Lipinski definition) is 10. The number of halogens is 3. The van der Waals surface area contributed by atoms with Gasteiger partial charge in [-0.3, -0.25) is 30.5 Å². The van der Waals surface area contributed by atoms with Crippen LogP contribution in [-0.4, -0.2) is 129 Å². The van der Waals surface area contributed by atoms with E-state index in [9.17, 15) is 48.5 Å². The Morgan fingerprint density at radius 3 is 1.06 bits per heavy atom. The second-order valence-electron chi connectivity index (χ2n) is 27.7. The van der Waals surface area contributed by atoms with Gasteiger partial charge in [0.1, 0.15) is 40.4 Å². The van der Waals surface area contributed by atoms with Crippen molar-refractivity contribution in [2.75, 3.05) is 35.4 Å². The zero-order valence-electron chi connectivity index (χ0n) is 64.5. The fourth-order valence-electron chi connectivity index (χ4n) is 13.7. The number of nitro groups is 1. The number of primary sulfonamides is 2. The molecule has 32 nitrogen and oxygen atoms in total. The molecule has 0 fully saturated rings. The molecule has 38 heteroatoms. The Balaban J connectivity index is 0.000000117. The molecule has 0 saturated heterocycles. The van der Waals surface area contributed by atoms with Gasteiger partial charge >= 0.3 is 0 Å². The lowest BCUT2D eigenvalue weighted by Crippen LogP contribution is -2.23. The molecule has 20 rings (SSSR count). The van der Waals surface area contributed by atoms with Crippen molar-refractivity contribution in [2.24, 2.45) is 10.3 Å². The van der Waals surface area contributed by atoms with Crippen LogP contribution in [0.4, 0.5) is 65.4 Å². The number of nitrogens with one attached hydrogen (secondary N) is 8. The predicted octanol–water partition coefficient (Wildman–Crippen LogP) is 16.5. The van der Waals surface area contributed by atoms with Crippen molar-refractivity contribution >= 4 is 170 Å². The first-order valence-electron chi connectivity index (χ1n) is 37.3. The summed E-state index contributed by atoms with van der Waals surface area (Å²) in [6, 6.07) is 76.6. The maximum absolute atomic E-state index is 14.1. The number of H-pyrrole nitrogens is 4. The van der Waals surface area contributed by atoms with E-state index in [0.29, 0.717) is 101 Å². The van der Waals surface area contributed by atoms with E-state index < -0.39 is 46.6 Å². The van der Waals surface area contributed by atoms with Crippen molar-refractivity contribution in [1.82, 2.24) is 85.0 Å². The minimum Gasteiger partial charge on any atom is -0.322 e. The second-order valence-corrected chi connectivity index (χ2v) is 32.9. The number of para-hydroxylation sites is 7. The fourth-order valence-corrected chi connectivity index (χ4v) is 16.2. The van der Waals surface area contributed by atoms with Crippen LogP contribution in [0.15, 0.2) is 288 Å². The van der Waals surface area contributed by atoms with Gasteiger partial charge in [0.05, 0.1) is 69.2 Å². The molecule has 8 heterocycles. The Morgan fingerprint density at radius 2 is 0.645 bits per heavy atom. The van der Waals surface area contributed by atoms with E-state index in [0.717, 1.165) is 44.7 Å². The summed E-state index contributed by atoms with van der Waals surface area (Å²) in [6.45, 7) is 0. The highest BCUT2D eigenvalue weighted by Gasteiger charge is 2.27. The summed E-state index contributed by atoms with van der Waals surface area (Å²) in [4.78, 5) is 47.6. The third-order valence-electron chi connectivity index (χ3n) is 19.5. The zero-order valence-corrected chi connectivity index (χ0v) is 67.0. The van der Waals surface area contributed by atoms with E-state index >= 15 is 0 Å². The normalized spacial score (nSPS) is 11.7. The minimum atomic E-state index is -4.04. The summed E-state index contributed by atoms with van der Waals surface area (Å²) in [5.74, 6) is 2.46. The van der Waals surface area contributed by atoms with Crippen molar-refractivity contribution in [3.8, 4) is 45.6 Å². The summed E-state index contributed by atoms with van der Waals surface area (Å²) in [7, 11) is -8.66. The number of nitro benzene ring substituents is 1. The van der Waals surface area contributed by atoms with Crippen LogP contribution in [0.2, 0.25) is 0 Å². The zero-order chi connectivity index (χ0) is 86.1. The molecule has 614 valence electrons. The minimum absolute atomic E-state index is 0.0311. The molecule has 0 aliphatic carbocycles. The van der Waals surface area contributed by atoms with Gasteiger partial charge < -0.3 is 21.3 Å². The highest BCUT2D eigenvalue weighted by Crippen LogP contribution is 2.39. The monoisotopic (exact) mass is 1710 g/mol. The summed E-state index contributed by atoms with van der Waals surface area (Å²) < 4.78 is 117. The molecule has 0 aliphatic heterocycles. The number of hydrogen-bond acceptors (Lipinski definition) is 24. The number of anilines is 8. The quantitative estimate of drug-likeness (QED) is 0.0299. The van der Waals surface area contributed by atoms with Gasteiger partial charge in [0, 0.05) is 80.6 Å². The predicted molar refractivity (Wildman–Crippen MR) is 468 cm³/mol. The Bertz CT molecular complexity index is 7980. The van der Waals surface area contributed by atoms with Gasteiger partial charge in [0.15, 0.2) is 52.4 Å². The van der Waals surface area contributed by atoms with Crippen molar-refractivity contribution < 1.29 is 43.3 Å². The summed E-state index contributed by atoms with van der Waals surface area (Å²) in [6.07, 6.45) is 0. The molecule has 0 spiro atoms. The largest absolute Gasteiger partial charge is 0.322 e. The van der Waals surface area contributed by atoms with E-state index in [1.54, 1.807) is 115 Å². The number of nitrogens with zero attached hydrogens (tertiary/aromatic N) is 14. The summed E-state index contributed by atoms with van der Waals surface area (Å²) in [5, 5.41) is 68.7. The lowest BCUT2D eigenvalue weighted by molar-refractivity contribution is -0.384. The summed E-state index contributed by atoms with van der Waals surface area (Å²) >= 11 is 0. The Labute approximate surface area is 700 Å². The van der Waals surface area contributed by atoms with E-state index in [1.807, 2.05) is 115 Å². The van der Waals surface area contributed by atoms with Gasteiger partial charge in [-0.1, -0.05) is 121 Å². The van der Waals surface area contributed by atoms with Crippen molar-refractivity contribution in [3.05, 3.63) is 301 Å². The van der Waals surface area contributed by atoms with Crippen molar-refractivity contribution in [2.45, 2.75) is 14.7 Å². The maximum Gasteiger partial charge on any atom is 0.280 e. The molecule has 0 unspecified atom stereocenters. The lowest BCUT2D eigenvalue weighted by Gasteiger charge is -2.15. The molecule has 20 aromatic rings. The van der Waals surface area contributed by atoms with Gasteiger partial charge in [-0.25, -0.2) is 92.9 Å². The molecule has 12 aromatic carbocycles. The molecule has 12 N–H and O–H groups in total. The number of benzene rings is 12. The summed E-state index contributed by atoms with van der Waals surface area (Å²) in [5.41, 5.74) is 6.15. The molecule has 0 aliphatic rings. The standard InChI is InChI=1S/C23H20N6O2S.C21H14F2N6O2S.C21H13FN6O2.C21H16N6O2S/c1-29(2)32(30,31)20-14-8-5-11-17(20)22-24-18-12-6-3-9-15(18)21(25-22)26-23-16-10-4-7-13-19(16)27-28-23;22-11-9-14-18(15(23)10-11)28-29-21(14)27-19-12-5-1-3-7-16(12)25-20(26-19)13-6-2-4-8-17(13)32(24,30)31;22-12-9-10-17-15(11-12)21(27-26-17)25-19-13-5-1-3-7-16(13)23-20(24-19)14-6-2-4-8-18(14)28(29)30;22-30(28,29)18-12-6-3-9-15(18)20-23-16-10-4-1-7-13(16)19(24-20)25-21-14-8-2-5-11-17(14)26-27-21/h3-14H,1-2H3,(H2,24,25,26,27,28);1-10H,(H2,24,30,31)(H2,25,26,27,28,29);1-11H,(H2,23,24,25,26,27);1-12H,(H2,22,28,29)(H2,23,24,25,26,27). The average molecular weight is 1710 g/mol. The smallest absolute Gasteiger partial charge is 0.280 e. The maximum atomic E-state index is 14.1. The van der Waals surface area contributed by atoms with Crippen LogP contribution >= 0.6 is 0 Å². The molecular formula is C86H63F3N24O8S3. The van der Waals surface area contributed by atoms with Crippen LogP contribution in [0.25, 0.3) is 133 Å². The molecule has 0 atom stereocenters. The highest BCUT2D eigenvalue weighted by molar-refractivity contribution is 7.89. The van der Waals surface area contributed by atoms with Gasteiger partial charge in [-0.2, -0.15) is 20.4 Å². The lowest BCUT2D eigenvalue weighted by atomic mass is 10.1. The van der Waals surface area contributed by atoms with Gasteiger partial charge in [-0.05, 0) is 140 Å². The van der Waals surface area contributed by atoms with E-state index in [4.69, 9.17) is 15.3 Å². The Morgan fingerprint density at radius 1 is 0.331 bits per heavy atom. The third-order valence-corrected chi connectivity index (χ3v) is 23.3. The van der Waals surface area contributed by atoms with Crippen LogP contribution in [0, 0.1) is 27.6 Å². The molecule has 8 aromatic heterocycles. The molecular weight excluding hydrogens is 1650 g/mol. The van der Waals surface area contributed by atoms with Gasteiger partial charge in [0.25, 0.3) is 5.69 Å². The number of rotatable bonds is 17. The SMILES string of the molecule is CN(C)S(=O)(=O)c1ccccc1-c1nc(Nc2n[nH]c3ccccc23)c2ccccc2n1.NS(=O)(=O)c1ccccc1-c1nc(Nc2n[nH]c3c(F)cc(F)cc23)c2ccccc2n1.NS(=O)(=O)c1ccccc1-c1nc(Nc2n[nH]c3ccccc23)c2ccccc2n1.O=[N+]([O-])c1ccccc1-c1nc(Nc2n[nH]c3ccc(F)cc23)c2ccccc2n1. The second kappa shape index (κ2) is 33.3. The number of aromatic nitrogens is 16. The number of aromatic amines is 4. The molecule has 124 heavy (non-hydrogen) atoms.